The molecule has 3 rings (SSSR count). The zero-order chi connectivity index (χ0) is 16.4. The van der Waals surface area contributed by atoms with Crippen LogP contribution >= 0.6 is 23.8 Å². The van der Waals surface area contributed by atoms with E-state index in [2.05, 4.69) is 10.5 Å². The zero-order valence-electron chi connectivity index (χ0n) is 12.5. The smallest absolute Gasteiger partial charge is 0.150 e. The molecule has 1 aliphatic heterocycles. The van der Waals surface area contributed by atoms with Crippen molar-refractivity contribution >= 4 is 40.7 Å². The van der Waals surface area contributed by atoms with Crippen molar-refractivity contribution in [2.45, 2.75) is 19.5 Å². The Kier molecular flexibility index (Phi) is 4.59. The van der Waals surface area contributed by atoms with Gasteiger partial charge in [0.2, 0.25) is 0 Å². The summed E-state index contributed by atoms with van der Waals surface area (Å²) in [5.74, 6) is 0.382. The Labute approximate surface area is 144 Å². The Hall–Kier alpha value is -1.98. The topological polar surface area (TPSA) is 27.6 Å². The lowest BCUT2D eigenvalue weighted by Crippen LogP contribution is -2.41. The van der Waals surface area contributed by atoms with Crippen LogP contribution in [0.4, 0.5) is 10.1 Å². The number of aryl methyl sites for hydroxylation is 1. The Morgan fingerprint density at radius 3 is 2.74 bits per heavy atom. The van der Waals surface area contributed by atoms with Crippen molar-refractivity contribution in [2.75, 3.05) is 4.90 Å². The highest BCUT2D eigenvalue weighted by Gasteiger charge is 2.28. The van der Waals surface area contributed by atoms with E-state index < -0.39 is 0 Å². The maximum atomic E-state index is 14.4. The SMILES string of the molecule is Cc1ccc(Cl)c(CC2=NNC(C=S)N2c2ccccc2)c1F. The molecule has 0 bridgehead atoms. The summed E-state index contributed by atoms with van der Waals surface area (Å²) in [6, 6.07) is 13.1. The molecular weight excluding hydrogens is 333 g/mol. The molecule has 2 aromatic carbocycles. The second-order valence-electron chi connectivity index (χ2n) is 5.28. The number of benzene rings is 2. The Bertz CT molecular complexity index is 764. The summed E-state index contributed by atoms with van der Waals surface area (Å²) in [6.45, 7) is 1.72. The fraction of sp³-hybridized carbons (Fsp3) is 0.176. The van der Waals surface area contributed by atoms with Gasteiger partial charge < -0.3 is 4.90 Å². The zero-order valence-corrected chi connectivity index (χ0v) is 14.0. The summed E-state index contributed by atoms with van der Waals surface area (Å²) in [4.78, 5) is 1.95. The highest BCUT2D eigenvalue weighted by atomic mass is 35.5. The lowest BCUT2D eigenvalue weighted by Gasteiger charge is -2.25. The van der Waals surface area contributed by atoms with Gasteiger partial charge in [-0.3, -0.25) is 5.43 Å². The summed E-state index contributed by atoms with van der Waals surface area (Å²) in [5.41, 5.74) is 4.91. The van der Waals surface area contributed by atoms with Gasteiger partial charge >= 0.3 is 0 Å². The van der Waals surface area contributed by atoms with Gasteiger partial charge in [0, 0.05) is 28.1 Å². The molecule has 0 saturated carbocycles. The normalized spacial score (nSPS) is 16.9. The van der Waals surface area contributed by atoms with Gasteiger partial charge in [0.05, 0.1) is 0 Å². The summed E-state index contributed by atoms with van der Waals surface area (Å²) in [6.07, 6.45) is 0.0440. The minimum Gasteiger partial charge on any atom is -0.301 e. The maximum Gasteiger partial charge on any atom is 0.150 e. The second kappa shape index (κ2) is 6.64. The van der Waals surface area contributed by atoms with Crippen LogP contribution < -0.4 is 10.3 Å². The fourth-order valence-corrected chi connectivity index (χ4v) is 2.96. The summed E-state index contributed by atoms with van der Waals surface area (Å²) in [5, 5.41) is 6.32. The van der Waals surface area contributed by atoms with Gasteiger partial charge in [-0.1, -0.05) is 48.1 Å². The molecular formula is C17H15ClFN3S. The molecule has 1 atom stereocenters. The molecule has 0 amide bonds. The molecule has 118 valence electrons. The largest absolute Gasteiger partial charge is 0.301 e. The second-order valence-corrected chi connectivity index (χ2v) is 5.96. The van der Waals surface area contributed by atoms with Gasteiger partial charge in [-0.2, -0.15) is 5.10 Å². The molecule has 0 radical (unpaired) electrons. The average Bonchev–Trinajstić information content (AvgIpc) is 2.98. The molecule has 1 heterocycles. The van der Waals surface area contributed by atoms with Crippen LogP contribution in [0.1, 0.15) is 11.1 Å². The first-order valence-corrected chi connectivity index (χ1v) is 8.02. The van der Waals surface area contributed by atoms with Crippen molar-refractivity contribution in [3.8, 4) is 0 Å². The Morgan fingerprint density at radius 1 is 1.30 bits per heavy atom. The van der Waals surface area contributed by atoms with Gasteiger partial charge in [-0.05, 0) is 30.7 Å². The monoisotopic (exact) mass is 347 g/mol. The van der Waals surface area contributed by atoms with Crippen LogP contribution in [0.5, 0.6) is 0 Å². The summed E-state index contributed by atoms with van der Waals surface area (Å²) >= 11 is 11.3. The lowest BCUT2D eigenvalue weighted by molar-refractivity contribution is 0.606. The van der Waals surface area contributed by atoms with E-state index in [1.807, 2.05) is 35.2 Å². The number of nitrogens with zero attached hydrogens (tertiary/aromatic N) is 2. The number of nitrogens with one attached hydrogen (secondary N) is 1. The maximum absolute atomic E-state index is 14.4. The summed E-state index contributed by atoms with van der Waals surface area (Å²) < 4.78 is 14.4. The molecule has 2 aromatic rings. The van der Waals surface area contributed by atoms with Crippen molar-refractivity contribution in [3.63, 3.8) is 0 Å². The average molecular weight is 348 g/mol. The quantitative estimate of drug-likeness (QED) is 0.844. The van der Waals surface area contributed by atoms with Crippen LogP contribution in [0.3, 0.4) is 0 Å². The van der Waals surface area contributed by atoms with Crippen LogP contribution in [-0.4, -0.2) is 17.4 Å². The van der Waals surface area contributed by atoms with E-state index in [1.165, 1.54) is 0 Å². The van der Waals surface area contributed by atoms with Crippen LogP contribution in [-0.2, 0) is 6.42 Å². The van der Waals surface area contributed by atoms with E-state index >= 15 is 0 Å². The lowest BCUT2D eigenvalue weighted by atomic mass is 10.1. The van der Waals surface area contributed by atoms with Crippen LogP contribution in [0, 0.1) is 12.7 Å². The number of anilines is 1. The first kappa shape index (κ1) is 15.9. The molecule has 1 aliphatic rings. The number of amidine groups is 1. The Morgan fingerprint density at radius 2 is 2.04 bits per heavy atom. The van der Waals surface area contributed by atoms with E-state index in [9.17, 15) is 4.39 Å². The fourth-order valence-electron chi connectivity index (χ4n) is 2.56. The first-order valence-electron chi connectivity index (χ1n) is 7.17. The van der Waals surface area contributed by atoms with Crippen LogP contribution in [0.2, 0.25) is 5.02 Å². The molecule has 0 spiro atoms. The number of para-hydroxylation sites is 1. The third kappa shape index (κ3) is 3.07. The van der Waals surface area contributed by atoms with Crippen molar-refractivity contribution in [1.82, 2.24) is 5.43 Å². The van der Waals surface area contributed by atoms with Crippen molar-refractivity contribution in [1.29, 1.82) is 0 Å². The van der Waals surface area contributed by atoms with Gasteiger partial charge in [-0.15, -0.1) is 0 Å². The number of halogens is 2. The highest BCUT2D eigenvalue weighted by Crippen LogP contribution is 2.26. The van der Waals surface area contributed by atoms with E-state index in [1.54, 1.807) is 24.4 Å². The van der Waals surface area contributed by atoms with Gasteiger partial charge in [0.1, 0.15) is 17.8 Å². The van der Waals surface area contributed by atoms with Gasteiger partial charge in [-0.25, -0.2) is 4.39 Å². The minimum absolute atomic E-state index is 0.242. The number of hydrazone groups is 1. The minimum atomic E-state index is -0.293. The molecule has 0 saturated heterocycles. The van der Waals surface area contributed by atoms with E-state index in [0.717, 1.165) is 5.69 Å². The van der Waals surface area contributed by atoms with Gasteiger partial charge in [0.15, 0.2) is 0 Å². The van der Waals surface area contributed by atoms with Crippen molar-refractivity contribution < 1.29 is 4.39 Å². The van der Waals surface area contributed by atoms with E-state index in [4.69, 9.17) is 23.8 Å². The third-order valence-electron chi connectivity index (χ3n) is 3.76. The Balaban J connectivity index is 1.96. The molecule has 3 nitrogen and oxygen atoms in total. The van der Waals surface area contributed by atoms with E-state index in [-0.39, 0.29) is 18.4 Å². The first-order chi connectivity index (χ1) is 11.1. The number of rotatable bonds is 4. The van der Waals surface area contributed by atoms with Crippen LogP contribution in [0.15, 0.2) is 47.6 Å². The molecule has 0 aliphatic carbocycles. The van der Waals surface area contributed by atoms with Gasteiger partial charge in [0.25, 0.3) is 0 Å². The molecule has 23 heavy (non-hydrogen) atoms. The summed E-state index contributed by atoms with van der Waals surface area (Å²) in [7, 11) is 0. The predicted octanol–water partition coefficient (Wildman–Crippen LogP) is 4.08. The highest BCUT2D eigenvalue weighted by molar-refractivity contribution is 7.79. The van der Waals surface area contributed by atoms with Crippen molar-refractivity contribution in [2.24, 2.45) is 5.10 Å². The van der Waals surface area contributed by atoms with Crippen LogP contribution in [0.25, 0.3) is 0 Å². The predicted molar refractivity (Wildman–Crippen MR) is 96.8 cm³/mol. The number of hydrogen-bond acceptors (Lipinski definition) is 4. The standard InChI is InChI=1S/C17H15ClFN3S/c1-11-7-8-14(18)13(17(11)19)9-15-20-21-16(10-23)22(15)12-5-3-2-4-6-12/h2-8,10,16,21H,9H2,1H3. The van der Waals surface area contributed by atoms with Crippen molar-refractivity contribution in [3.05, 3.63) is 64.4 Å². The number of hydrogen-bond donors (Lipinski definition) is 1. The molecule has 1 N–H and O–H groups in total. The number of thiocarbonyl (C=S) groups is 1. The molecule has 1 unspecified atom stereocenters. The molecule has 6 heteroatoms. The molecule has 0 aromatic heterocycles. The molecule has 0 fully saturated rings. The third-order valence-corrected chi connectivity index (χ3v) is 4.37. The van der Waals surface area contributed by atoms with E-state index in [0.29, 0.717) is 22.0 Å².